The van der Waals surface area contributed by atoms with Crippen LogP contribution < -0.4 is 0 Å². The number of nitrogens with zero attached hydrogens (tertiary/aromatic N) is 2. The van der Waals surface area contributed by atoms with Crippen molar-refractivity contribution >= 4 is 54.3 Å². The average molecular weight is 701 g/mol. The van der Waals surface area contributed by atoms with Crippen LogP contribution in [0.2, 0.25) is 0 Å². The van der Waals surface area contributed by atoms with Crippen LogP contribution in [0.25, 0.3) is 110 Å². The van der Waals surface area contributed by atoms with Crippen molar-refractivity contribution in [2.45, 2.75) is 0 Å². The molecule has 0 aliphatic heterocycles. The van der Waals surface area contributed by atoms with E-state index in [0.29, 0.717) is 5.82 Å². The lowest BCUT2D eigenvalue weighted by Gasteiger charge is -2.16. The topological polar surface area (TPSA) is 38.9 Å². The molecule has 2 heterocycles. The fourth-order valence-corrected chi connectivity index (χ4v) is 8.31. The van der Waals surface area contributed by atoms with Crippen LogP contribution in [0.4, 0.5) is 0 Å². The summed E-state index contributed by atoms with van der Waals surface area (Å²) in [5.74, 6) is 0.676. The number of hydrogen-bond donors (Lipinski definition) is 0. The molecule has 2 aromatic heterocycles. The first-order chi connectivity index (χ1) is 27.3. The predicted molar refractivity (Wildman–Crippen MR) is 229 cm³/mol. The number of aromatic nitrogens is 2. The molecule has 256 valence electrons. The highest BCUT2D eigenvalue weighted by Crippen LogP contribution is 2.45. The van der Waals surface area contributed by atoms with E-state index in [1.54, 1.807) is 0 Å². The van der Waals surface area contributed by atoms with E-state index in [2.05, 4.69) is 170 Å². The Hall–Kier alpha value is -7.36. The summed E-state index contributed by atoms with van der Waals surface area (Å²) in [6.07, 6.45) is 0. The molecule has 0 saturated carbocycles. The van der Waals surface area contributed by atoms with E-state index in [1.807, 2.05) is 24.3 Å². The third kappa shape index (κ3) is 5.20. The monoisotopic (exact) mass is 700 g/mol. The van der Waals surface area contributed by atoms with Crippen LogP contribution in [-0.4, -0.2) is 9.97 Å². The summed E-state index contributed by atoms with van der Waals surface area (Å²) >= 11 is 0. The van der Waals surface area contributed by atoms with Crippen molar-refractivity contribution in [3.63, 3.8) is 0 Å². The van der Waals surface area contributed by atoms with Crippen molar-refractivity contribution < 1.29 is 4.42 Å². The highest BCUT2D eigenvalue weighted by Gasteiger charge is 2.21. The summed E-state index contributed by atoms with van der Waals surface area (Å²) in [7, 11) is 0. The molecule has 3 heteroatoms. The molecule has 0 amide bonds. The Kier molecular flexibility index (Phi) is 7.17. The lowest BCUT2D eigenvalue weighted by atomic mass is 9.88. The van der Waals surface area contributed by atoms with E-state index in [4.69, 9.17) is 14.4 Å². The zero-order valence-electron chi connectivity index (χ0n) is 29.8. The summed E-state index contributed by atoms with van der Waals surface area (Å²) in [4.78, 5) is 10.6. The average Bonchev–Trinajstić information content (AvgIpc) is 3.65. The fraction of sp³-hybridized carbons (Fsp3) is 0. The molecule has 0 bridgehead atoms. The van der Waals surface area contributed by atoms with Crippen molar-refractivity contribution in [1.82, 2.24) is 9.97 Å². The quantitative estimate of drug-likeness (QED) is 0.168. The maximum atomic E-state index is 6.52. The van der Waals surface area contributed by atoms with Crippen LogP contribution in [0, 0.1) is 0 Å². The number of benzene rings is 9. The summed E-state index contributed by atoms with van der Waals surface area (Å²) in [6, 6.07) is 68.5. The molecular weight excluding hydrogens is 669 g/mol. The van der Waals surface area contributed by atoms with Gasteiger partial charge in [-0.05, 0) is 79.3 Å². The first-order valence-electron chi connectivity index (χ1n) is 18.7. The van der Waals surface area contributed by atoms with Gasteiger partial charge in [0.25, 0.3) is 0 Å². The Bertz CT molecular complexity index is 3200. The molecular formula is C52H32N2O. The van der Waals surface area contributed by atoms with Crippen LogP contribution in [0.5, 0.6) is 0 Å². The van der Waals surface area contributed by atoms with Gasteiger partial charge in [-0.1, -0.05) is 164 Å². The molecule has 0 N–H and O–H groups in total. The normalized spacial score (nSPS) is 11.6. The van der Waals surface area contributed by atoms with Crippen molar-refractivity contribution in [3.8, 4) is 56.2 Å². The van der Waals surface area contributed by atoms with Gasteiger partial charge in [-0.15, -0.1) is 0 Å². The molecule has 0 aliphatic carbocycles. The molecule has 0 fully saturated rings. The molecule has 11 rings (SSSR count). The summed E-state index contributed by atoms with van der Waals surface area (Å²) in [5, 5.41) is 9.60. The summed E-state index contributed by atoms with van der Waals surface area (Å²) in [6.45, 7) is 0. The smallest absolute Gasteiger partial charge is 0.160 e. The maximum Gasteiger partial charge on any atom is 0.160 e. The van der Waals surface area contributed by atoms with Gasteiger partial charge in [0, 0.05) is 33.0 Å². The van der Waals surface area contributed by atoms with Crippen LogP contribution in [-0.2, 0) is 0 Å². The van der Waals surface area contributed by atoms with Crippen LogP contribution in [0.1, 0.15) is 0 Å². The number of rotatable bonds is 5. The molecule has 0 atom stereocenters. The predicted octanol–water partition coefficient (Wildman–Crippen LogP) is 14.2. The van der Waals surface area contributed by atoms with E-state index in [-0.39, 0.29) is 0 Å². The minimum atomic E-state index is 0.676. The third-order valence-corrected chi connectivity index (χ3v) is 10.9. The van der Waals surface area contributed by atoms with E-state index in [9.17, 15) is 0 Å². The van der Waals surface area contributed by atoms with Gasteiger partial charge in [-0.3, -0.25) is 0 Å². The number of furan rings is 1. The summed E-state index contributed by atoms with van der Waals surface area (Å²) < 4.78 is 6.52. The van der Waals surface area contributed by atoms with E-state index in [1.165, 1.54) is 37.9 Å². The Morgan fingerprint density at radius 3 is 1.51 bits per heavy atom. The fourth-order valence-electron chi connectivity index (χ4n) is 8.31. The van der Waals surface area contributed by atoms with Gasteiger partial charge in [0.05, 0.1) is 11.4 Å². The van der Waals surface area contributed by atoms with Gasteiger partial charge in [0.15, 0.2) is 5.82 Å². The van der Waals surface area contributed by atoms with Crippen LogP contribution in [0.15, 0.2) is 199 Å². The summed E-state index contributed by atoms with van der Waals surface area (Å²) in [5.41, 5.74) is 11.0. The maximum absolute atomic E-state index is 6.52. The molecule has 9 aromatic carbocycles. The van der Waals surface area contributed by atoms with Gasteiger partial charge in [-0.25, -0.2) is 9.97 Å². The lowest BCUT2D eigenvalue weighted by molar-refractivity contribution is 0.669. The number of para-hydroxylation sites is 1. The molecule has 0 spiro atoms. The van der Waals surface area contributed by atoms with Crippen molar-refractivity contribution in [1.29, 1.82) is 0 Å². The van der Waals surface area contributed by atoms with Gasteiger partial charge in [-0.2, -0.15) is 0 Å². The highest BCUT2D eigenvalue weighted by molar-refractivity contribution is 6.26. The minimum absolute atomic E-state index is 0.676. The van der Waals surface area contributed by atoms with E-state index >= 15 is 0 Å². The van der Waals surface area contributed by atoms with Gasteiger partial charge < -0.3 is 4.42 Å². The molecule has 0 aliphatic rings. The second kappa shape index (κ2) is 12.6. The number of fused-ring (bicyclic) bond motifs is 9. The van der Waals surface area contributed by atoms with Gasteiger partial charge in [0.1, 0.15) is 11.2 Å². The standard InChI is InChI=1S/C52H32N2O/c1-3-13-33(14-4-1)34-23-25-36(26-24-34)52-53-46(35-15-5-2-6-16-35)32-47(54-52)43-29-30-49-51(44-21-11-12-22-48(44)55-49)50(43)37-27-28-42-40-19-8-7-17-38(40)39-18-9-10-20-41(39)45(42)31-37/h1-32H. The SMILES string of the molecule is c1ccc(-c2ccc(-c3nc(-c4ccccc4)cc(-c4ccc5oc6ccccc6c5c4-c4ccc5c6ccccc6c6ccccc6c5c4)n3)cc2)cc1. The van der Waals surface area contributed by atoms with E-state index < -0.39 is 0 Å². The van der Waals surface area contributed by atoms with Crippen molar-refractivity contribution in [2.75, 3.05) is 0 Å². The van der Waals surface area contributed by atoms with Crippen LogP contribution >= 0.6 is 0 Å². The highest BCUT2D eigenvalue weighted by atomic mass is 16.3. The van der Waals surface area contributed by atoms with Gasteiger partial charge in [0.2, 0.25) is 0 Å². The van der Waals surface area contributed by atoms with Crippen molar-refractivity contribution in [2.24, 2.45) is 0 Å². The Morgan fingerprint density at radius 2 is 0.818 bits per heavy atom. The molecule has 0 unspecified atom stereocenters. The molecule has 11 aromatic rings. The second-order valence-corrected chi connectivity index (χ2v) is 14.1. The first-order valence-corrected chi connectivity index (χ1v) is 18.7. The molecule has 0 radical (unpaired) electrons. The van der Waals surface area contributed by atoms with E-state index in [0.717, 1.165) is 66.7 Å². The van der Waals surface area contributed by atoms with Crippen molar-refractivity contribution in [3.05, 3.63) is 194 Å². The zero-order chi connectivity index (χ0) is 36.3. The molecule has 55 heavy (non-hydrogen) atoms. The minimum Gasteiger partial charge on any atom is -0.456 e. The zero-order valence-corrected chi connectivity index (χ0v) is 29.8. The molecule has 0 saturated heterocycles. The Labute approximate surface area is 317 Å². The first kappa shape index (κ1) is 31.2. The Morgan fingerprint density at radius 1 is 0.309 bits per heavy atom. The Balaban J connectivity index is 1.19. The molecule has 3 nitrogen and oxygen atoms in total. The van der Waals surface area contributed by atoms with Gasteiger partial charge >= 0.3 is 0 Å². The van der Waals surface area contributed by atoms with Crippen LogP contribution in [0.3, 0.4) is 0 Å². The lowest BCUT2D eigenvalue weighted by Crippen LogP contribution is -1.97. The largest absolute Gasteiger partial charge is 0.456 e. The number of hydrogen-bond acceptors (Lipinski definition) is 3. The second-order valence-electron chi connectivity index (χ2n) is 14.1. The third-order valence-electron chi connectivity index (χ3n) is 10.9.